The number of ether oxygens (including phenoxy) is 1. The molecule has 1 aliphatic heterocycles. The topological polar surface area (TPSA) is 83.9 Å². The standard InChI is InChI=1S/C13H13NO5/c1-8(7-9-5-3-2-4-6-9)10-11(15)19-13(18)14(10)12(16)17/h2-6,8,10H,7H2,1H3,(H,16,17)/t8?,10-/m0/s1. The molecule has 1 aromatic carbocycles. The van der Waals surface area contributed by atoms with Gasteiger partial charge in [0.05, 0.1) is 0 Å². The highest BCUT2D eigenvalue weighted by molar-refractivity contribution is 6.03. The first-order chi connectivity index (χ1) is 9.00. The minimum absolute atomic E-state index is 0.350. The number of carbonyl (C=O) groups excluding carboxylic acids is 2. The van der Waals surface area contributed by atoms with E-state index in [-0.39, 0.29) is 5.92 Å². The molecule has 0 radical (unpaired) electrons. The van der Waals surface area contributed by atoms with Crippen LogP contribution in [-0.2, 0) is 16.0 Å². The molecule has 1 fully saturated rings. The van der Waals surface area contributed by atoms with E-state index in [1.54, 1.807) is 6.92 Å². The molecule has 2 atom stereocenters. The summed E-state index contributed by atoms with van der Waals surface area (Å²) >= 11 is 0. The van der Waals surface area contributed by atoms with Gasteiger partial charge in [-0.05, 0) is 17.9 Å². The number of carboxylic acid groups (broad SMARTS) is 1. The molecule has 0 saturated carbocycles. The number of amides is 2. The minimum Gasteiger partial charge on any atom is -0.464 e. The van der Waals surface area contributed by atoms with Crippen LogP contribution in [0.2, 0.25) is 0 Å². The summed E-state index contributed by atoms with van der Waals surface area (Å²) in [7, 11) is 0. The van der Waals surface area contributed by atoms with Gasteiger partial charge in [0.15, 0.2) is 0 Å². The molecule has 0 spiro atoms. The van der Waals surface area contributed by atoms with Gasteiger partial charge in [-0.25, -0.2) is 14.4 Å². The highest BCUT2D eigenvalue weighted by Crippen LogP contribution is 2.24. The van der Waals surface area contributed by atoms with E-state index < -0.39 is 24.2 Å². The SMILES string of the molecule is CC(Cc1ccccc1)[C@H]1C(=O)OC(=O)N1C(=O)O. The summed E-state index contributed by atoms with van der Waals surface area (Å²) < 4.78 is 4.37. The van der Waals surface area contributed by atoms with Gasteiger partial charge in [-0.2, -0.15) is 4.90 Å². The van der Waals surface area contributed by atoms with Crippen LogP contribution in [0.5, 0.6) is 0 Å². The van der Waals surface area contributed by atoms with Crippen LogP contribution in [0, 0.1) is 5.92 Å². The monoisotopic (exact) mass is 263 g/mol. The van der Waals surface area contributed by atoms with E-state index in [0.29, 0.717) is 11.3 Å². The van der Waals surface area contributed by atoms with Crippen LogP contribution in [0.25, 0.3) is 0 Å². The molecule has 19 heavy (non-hydrogen) atoms. The van der Waals surface area contributed by atoms with E-state index in [4.69, 9.17) is 5.11 Å². The molecular formula is C13H13NO5. The summed E-state index contributed by atoms with van der Waals surface area (Å²) in [5, 5.41) is 8.96. The maximum Gasteiger partial charge on any atom is 0.427 e. The van der Waals surface area contributed by atoms with Crippen molar-refractivity contribution in [3.63, 3.8) is 0 Å². The first-order valence-electron chi connectivity index (χ1n) is 5.82. The van der Waals surface area contributed by atoms with Gasteiger partial charge in [-0.1, -0.05) is 37.3 Å². The fourth-order valence-electron chi connectivity index (χ4n) is 2.20. The van der Waals surface area contributed by atoms with Gasteiger partial charge in [0, 0.05) is 0 Å². The lowest BCUT2D eigenvalue weighted by molar-refractivity contribution is -0.136. The van der Waals surface area contributed by atoms with Crippen LogP contribution in [0.3, 0.4) is 0 Å². The zero-order valence-corrected chi connectivity index (χ0v) is 10.3. The predicted octanol–water partition coefficient (Wildman–Crippen LogP) is 1.89. The molecule has 2 rings (SSSR count). The lowest BCUT2D eigenvalue weighted by Crippen LogP contribution is -2.43. The summed E-state index contributed by atoms with van der Waals surface area (Å²) in [5.74, 6) is -1.16. The van der Waals surface area contributed by atoms with E-state index in [1.165, 1.54) is 0 Å². The number of nitrogens with zero attached hydrogens (tertiary/aromatic N) is 1. The van der Waals surface area contributed by atoms with E-state index in [1.807, 2.05) is 30.3 Å². The number of cyclic esters (lactones) is 2. The Kier molecular flexibility index (Phi) is 3.50. The van der Waals surface area contributed by atoms with Crippen molar-refractivity contribution in [3.8, 4) is 0 Å². The number of rotatable bonds is 3. The Morgan fingerprint density at radius 1 is 1.37 bits per heavy atom. The van der Waals surface area contributed by atoms with E-state index >= 15 is 0 Å². The first-order valence-corrected chi connectivity index (χ1v) is 5.82. The fraction of sp³-hybridized carbons (Fsp3) is 0.308. The van der Waals surface area contributed by atoms with Gasteiger partial charge >= 0.3 is 18.2 Å². The Bertz CT molecular complexity index is 513. The maximum absolute atomic E-state index is 11.6. The van der Waals surface area contributed by atoms with E-state index in [2.05, 4.69) is 4.74 Å². The Hall–Kier alpha value is -2.37. The molecule has 6 nitrogen and oxygen atoms in total. The summed E-state index contributed by atoms with van der Waals surface area (Å²) in [5.41, 5.74) is 0.965. The zero-order valence-electron chi connectivity index (χ0n) is 10.3. The fourth-order valence-corrected chi connectivity index (χ4v) is 2.20. The van der Waals surface area contributed by atoms with Crippen molar-refractivity contribution in [2.45, 2.75) is 19.4 Å². The lowest BCUT2D eigenvalue weighted by atomic mass is 9.93. The van der Waals surface area contributed by atoms with Crippen LogP contribution in [0.1, 0.15) is 12.5 Å². The third-order valence-electron chi connectivity index (χ3n) is 3.05. The van der Waals surface area contributed by atoms with Gasteiger partial charge in [0.1, 0.15) is 6.04 Å². The molecule has 0 aromatic heterocycles. The highest BCUT2D eigenvalue weighted by atomic mass is 16.6. The van der Waals surface area contributed by atoms with Crippen LogP contribution in [0.4, 0.5) is 9.59 Å². The molecule has 2 amide bonds. The van der Waals surface area contributed by atoms with E-state index in [0.717, 1.165) is 5.56 Å². The molecule has 100 valence electrons. The zero-order chi connectivity index (χ0) is 14.0. The second-order valence-electron chi connectivity index (χ2n) is 4.45. The normalized spacial score (nSPS) is 20.3. The van der Waals surface area contributed by atoms with E-state index in [9.17, 15) is 14.4 Å². The summed E-state index contributed by atoms with van der Waals surface area (Å²) in [6, 6.07) is 8.26. The highest BCUT2D eigenvalue weighted by Gasteiger charge is 2.47. The number of carbonyl (C=O) groups is 3. The predicted molar refractivity (Wildman–Crippen MR) is 64.4 cm³/mol. The van der Waals surface area contributed by atoms with Crippen molar-refractivity contribution < 1.29 is 24.2 Å². The van der Waals surface area contributed by atoms with Gasteiger partial charge in [-0.3, -0.25) is 0 Å². The van der Waals surface area contributed by atoms with Gasteiger partial charge in [0.2, 0.25) is 0 Å². The molecular weight excluding hydrogens is 250 g/mol. The molecule has 0 aliphatic carbocycles. The Labute approximate surface area is 109 Å². The van der Waals surface area contributed by atoms with Crippen LogP contribution < -0.4 is 0 Å². The van der Waals surface area contributed by atoms with Crippen LogP contribution in [0.15, 0.2) is 30.3 Å². The Morgan fingerprint density at radius 3 is 2.58 bits per heavy atom. The summed E-state index contributed by atoms with van der Waals surface area (Å²) in [4.78, 5) is 34.3. The third-order valence-corrected chi connectivity index (χ3v) is 3.05. The number of esters is 1. The second kappa shape index (κ2) is 5.09. The second-order valence-corrected chi connectivity index (χ2v) is 4.45. The van der Waals surface area contributed by atoms with Crippen molar-refractivity contribution in [3.05, 3.63) is 35.9 Å². The number of hydrogen-bond donors (Lipinski definition) is 1. The molecule has 1 aliphatic rings. The third kappa shape index (κ3) is 2.57. The summed E-state index contributed by atoms with van der Waals surface area (Å²) in [6.45, 7) is 1.72. The molecule has 1 aromatic rings. The number of imide groups is 1. The Balaban J connectivity index is 2.17. The van der Waals surface area contributed by atoms with Crippen LogP contribution >= 0.6 is 0 Å². The number of hydrogen-bond acceptors (Lipinski definition) is 4. The van der Waals surface area contributed by atoms with Crippen molar-refractivity contribution in [2.24, 2.45) is 5.92 Å². The van der Waals surface area contributed by atoms with Crippen molar-refractivity contribution in [2.75, 3.05) is 0 Å². The molecule has 1 unspecified atom stereocenters. The quantitative estimate of drug-likeness (QED) is 0.665. The lowest BCUT2D eigenvalue weighted by Gasteiger charge is -2.21. The van der Waals surface area contributed by atoms with Crippen molar-refractivity contribution in [1.82, 2.24) is 4.90 Å². The molecule has 1 heterocycles. The smallest absolute Gasteiger partial charge is 0.427 e. The molecule has 1 N–H and O–H groups in total. The first kappa shape index (κ1) is 13.1. The number of benzene rings is 1. The van der Waals surface area contributed by atoms with Crippen molar-refractivity contribution in [1.29, 1.82) is 0 Å². The Morgan fingerprint density at radius 2 is 2.00 bits per heavy atom. The average Bonchev–Trinajstić information content (AvgIpc) is 2.65. The van der Waals surface area contributed by atoms with Gasteiger partial charge < -0.3 is 9.84 Å². The van der Waals surface area contributed by atoms with Crippen molar-refractivity contribution >= 4 is 18.2 Å². The van der Waals surface area contributed by atoms with Gasteiger partial charge in [0.25, 0.3) is 0 Å². The largest absolute Gasteiger partial charge is 0.464 e. The molecule has 0 bridgehead atoms. The summed E-state index contributed by atoms with van der Waals surface area (Å²) in [6.07, 6.45) is -2.11. The average molecular weight is 263 g/mol. The maximum atomic E-state index is 11.6. The van der Waals surface area contributed by atoms with Gasteiger partial charge in [-0.15, -0.1) is 0 Å². The molecule has 6 heteroatoms. The van der Waals surface area contributed by atoms with Crippen LogP contribution in [-0.4, -0.2) is 34.2 Å². The molecule has 1 saturated heterocycles. The minimum atomic E-state index is -1.47.